The molecule has 1 heterocycles. The average molecular weight is 347 g/mol. The Morgan fingerprint density at radius 2 is 1.80 bits per heavy atom. The molecular weight excluding hydrogens is 318 g/mol. The molecule has 25 heavy (non-hydrogen) atoms. The second kappa shape index (κ2) is 8.17. The Labute approximate surface area is 149 Å². The minimum Gasteiger partial charge on any atom is -0.491 e. The molecule has 6 heteroatoms. The molecule has 0 spiro atoms. The molecule has 3 rings (SSSR count). The summed E-state index contributed by atoms with van der Waals surface area (Å²) in [5.74, 6) is 0.874. The third kappa shape index (κ3) is 4.71. The van der Waals surface area contributed by atoms with E-state index in [9.17, 15) is 9.90 Å². The first kappa shape index (κ1) is 18.2. The summed E-state index contributed by atoms with van der Waals surface area (Å²) in [7, 11) is 0. The zero-order valence-corrected chi connectivity index (χ0v) is 14.8. The lowest BCUT2D eigenvalue weighted by Crippen LogP contribution is -2.59. The van der Waals surface area contributed by atoms with Crippen LogP contribution >= 0.6 is 0 Å². The number of aliphatic hydroxyl groups is 1. The van der Waals surface area contributed by atoms with Gasteiger partial charge in [-0.25, -0.2) is 0 Å². The summed E-state index contributed by atoms with van der Waals surface area (Å²) in [6, 6.07) is 9.51. The van der Waals surface area contributed by atoms with Gasteiger partial charge in [0.05, 0.1) is 5.54 Å². The first-order valence-electron chi connectivity index (χ1n) is 9.23. The molecule has 3 N–H and O–H groups in total. The van der Waals surface area contributed by atoms with Crippen LogP contribution in [0.2, 0.25) is 0 Å². The van der Waals surface area contributed by atoms with Crippen molar-refractivity contribution in [3.8, 4) is 5.75 Å². The molecule has 1 saturated heterocycles. The number of benzene rings is 1. The van der Waals surface area contributed by atoms with Crippen LogP contribution in [0.4, 0.5) is 0 Å². The molecule has 1 unspecified atom stereocenters. The zero-order valence-electron chi connectivity index (χ0n) is 14.8. The van der Waals surface area contributed by atoms with Crippen LogP contribution in [0.3, 0.4) is 0 Å². The molecule has 1 atom stereocenters. The van der Waals surface area contributed by atoms with Crippen molar-refractivity contribution in [3.63, 3.8) is 0 Å². The monoisotopic (exact) mass is 347 g/mol. The van der Waals surface area contributed by atoms with Crippen molar-refractivity contribution in [1.82, 2.24) is 9.80 Å². The minimum absolute atomic E-state index is 0.109. The Morgan fingerprint density at radius 1 is 1.16 bits per heavy atom. The van der Waals surface area contributed by atoms with E-state index in [1.54, 1.807) is 0 Å². The molecule has 0 radical (unpaired) electrons. The SMILES string of the molecule is NC1(C(=O)N2CCN(CC(O)COc3ccccc3)CC2)CCCC1. The van der Waals surface area contributed by atoms with Crippen molar-refractivity contribution < 1.29 is 14.6 Å². The summed E-state index contributed by atoms with van der Waals surface area (Å²) >= 11 is 0. The summed E-state index contributed by atoms with van der Waals surface area (Å²) in [5.41, 5.74) is 5.65. The smallest absolute Gasteiger partial charge is 0.242 e. The standard InChI is InChI=1S/C19H29N3O3/c20-19(8-4-5-9-19)18(24)22-12-10-21(11-13-22)14-16(23)15-25-17-6-2-1-3-7-17/h1-3,6-7,16,23H,4-5,8-15,20H2. The number of aliphatic hydroxyl groups excluding tert-OH is 1. The quantitative estimate of drug-likeness (QED) is 0.797. The van der Waals surface area contributed by atoms with Crippen molar-refractivity contribution in [2.75, 3.05) is 39.3 Å². The summed E-state index contributed by atoms with van der Waals surface area (Å²) in [5, 5.41) is 10.2. The zero-order chi connectivity index (χ0) is 17.7. The molecular formula is C19H29N3O3. The van der Waals surface area contributed by atoms with Gasteiger partial charge in [-0.05, 0) is 25.0 Å². The Bertz CT molecular complexity index is 552. The van der Waals surface area contributed by atoms with E-state index in [2.05, 4.69) is 4.90 Å². The van der Waals surface area contributed by atoms with Crippen molar-refractivity contribution in [2.45, 2.75) is 37.3 Å². The van der Waals surface area contributed by atoms with Crippen molar-refractivity contribution >= 4 is 5.91 Å². The van der Waals surface area contributed by atoms with Crippen LogP contribution in [-0.4, -0.2) is 71.8 Å². The number of hydrogen-bond donors (Lipinski definition) is 2. The molecule has 1 aromatic carbocycles. The lowest BCUT2D eigenvalue weighted by molar-refractivity contribution is -0.138. The van der Waals surface area contributed by atoms with Gasteiger partial charge in [0.2, 0.25) is 5.91 Å². The van der Waals surface area contributed by atoms with E-state index in [-0.39, 0.29) is 12.5 Å². The first-order valence-corrected chi connectivity index (χ1v) is 9.23. The van der Waals surface area contributed by atoms with Gasteiger partial charge < -0.3 is 20.5 Å². The van der Waals surface area contributed by atoms with Gasteiger partial charge in [-0.3, -0.25) is 9.69 Å². The van der Waals surface area contributed by atoms with Crippen LogP contribution in [0.5, 0.6) is 5.75 Å². The molecule has 2 fully saturated rings. The molecule has 1 saturated carbocycles. The van der Waals surface area contributed by atoms with Crippen molar-refractivity contribution in [3.05, 3.63) is 30.3 Å². The molecule has 1 amide bonds. The maximum absolute atomic E-state index is 12.6. The van der Waals surface area contributed by atoms with Gasteiger partial charge in [0, 0.05) is 32.7 Å². The van der Waals surface area contributed by atoms with Gasteiger partial charge >= 0.3 is 0 Å². The lowest BCUT2D eigenvalue weighted by Gasteiger charge is -2.39. The Morgan fingerprint density at radius 3 is 2.44 bits per heavy atom. The van der Waals surface area contributed by atoms with E-state index in [4.69, 9.17) is 10.5 Å². The highest BCUT2D eigenvalue weighted by Crippen LogP contribution is 2.29. The fourth-order valence-electron chi connectivity index (χ4n) is 3.73. The number of carbonyl (C=O) groups is 1. The third-order valence-corrected chi connectivity index (χ3v) is 5.24. The highest BCUT2D eigenvalue weighted by molar-refractivity contribution is 5.86. The summed E-state index contributed by atoms with van der Waals surface area (Å²) in [6.45, 7) is 3.74. The maximum atomic E-state index is 12.6. The molecule has 138 valence electrons. The summed E-state index contributed by atoms with van der Waals surface area (Å²) in [6.07, 6.45) is 3.17. The van der Waals surface area contributed by atoms with Crippen LogP contribution in [0, 0.1) is 0 Å². The molecule has 0 bridgehead atoms. The highest BCUT2D eigenvalue weighted by Gasteiger charge is 2.40. The van der Waals surface area contributed by atoms with E-state index >= 15 is 0 Å². The number of hydrogen-bond acceptors (Lipinski definition) is 5. The van der Waals surface area contributed by atoms with Gasteiger partial charge in [-0.1, -0.05) is 31.0 Å². The van der Waals surface area contributed by atoms with Crippen LogP contribution in [0.25, 0.3) is 0 Å². The van der Waals surface area contributed by atoms with E-state index in [1.165, 1.54) is 0 Å². The molecule has 0 aromatic heterocycles. The number of nitrogens with two attached hydrogens (primary N) is 1. The van der Waals surface area contributed by atoms with Gasteiger partial charge in [0.15, 0.2) is 0 Å². The first-order chi connectivity index (χ1) is 12.1. The largest absolute Gasteiger partial charge is 0.491 e. The van der Waals surface area contributed by atoms with E-state index in [1.807, 2.05) is 35.2 Å². The number of ether oxygens (including phenoxy) is 1. The summed E-state index contributed by atoms with van der Waals surface area (Å²) < 4.78 is 5.59. The molecule has 6 nitrogen and oxygen atoms in total. The van der Waals surface area contributed by atoms with Crippen LogP contribution < -0.4 is 10.5 Å². The van der Waals surface area contributed by atoms with E-state index in [0.29, 0.717) is 19.6 Å². The predicted molar refractivity (Wildman–Crippen MR) is 96.4 cm³/mol. The number of nitrogens with zero attached hydrogens (tertiary/aromatic N) is 2. The second-order valence-corrected chi connectivity index (χ2v) is 7.23. The Hall–Kier alpha value is -1.63. The number of amides is 1. The molecule has 1 aliphatic carbocycles. The predicted octanol–water partition coefficient (Wildman–Crippen LogP) is 0.842. The van der Waals surface area contributed by atoms with Crippen LogP contribution in [0.1, 0.15) is 25.7 Å². The van der Waals surface area contributed by atoms with Crippen LogP contribution in [-0.2, 0) is 4.79 Å². The topological polar surface area (TPSA) is 79.0 Å². The van der Waals surface area contributed by atoms with E-state index in [0.717, 1.165) is 44.5 Å². The number of carbonyl (C=O) groups excluding carboxylic acids is 1. The number of piperazine rings is 1. The number of rotatable bonds is 6. The lowest BCUT2D eigenvalue weighted by atomic mass is 9.97. The van der Waals surface area contributed by atoms with Gasteiger partial charge in [-0.2, -0.15) is 0 Å². The summed E-state index contributed by atoms with van der Waals surface area (Å²) in [4.78, 5) is 16.7. The fraction of sp³-hybridized carbons (Fsp3) is 0.632. The normalized spacial score (nSPS) is 21.9. The number of β-amino-alcohol motifs (C(OH)–C–C–N with tert-alkyl or cyclic N) is 1. The van der Waals surface area contributed by atoms with Crippen molar-refractivity contribution in [1.29, 1.82) is 0 Å². The highest BCUT2D eigenvalue weighted by atomic mass is 16.5. The second-order valence-electron chi connectivity index (χ2n) is 7.23. The maximum Gasteiger partial charge on any atom is 0.242 e. The molecule has 2 aliphatic rings. The minimum atomic E-state index is -0.634. The van der Waals surface area contributed by atoms with Gasteiger partial charge in [-0.15, -0.1) is 0 Å². The van der Waals surface area contributed by atoms with Crippen LogP contribution in [0.15, 0.2) is 30.3 Å². The Kier molecular flexibility index (Phi) is 5.93. The molecule has 1 aliphatic heterocycles. The number of para-hydroxylation sites is 1. The fourth-order valence-corrected chi connectivity index (χ4v) is 3.73. The third-order valence-electron chi connectivity index (χ3n) is 5.24. The molecule has 1 aromatic rings. The van der Waals surface area contributed by atoms with Gasteiger partial charge in [0.1, 0.15) is 18.5 Å². The van der Waals surface area contributed by atoms with E-state index < -0.39 is 11.6 Å². The average Bonchev–Trinajstić information content (AvgIpc) is 3.09. The Balaban J connectivity index is 1.39. The van der Waals surface area contributed by atoms with Gasteiger partial charge in [0.25, 0.3) is 0 Å². The van der Waals surface area contributed by atoms with Crippen molar-refractivity contribution in [2.24, 2.45) is 5.73 Å².